The summed E-state index contributed by atoms with van der Waals surface area (Å²) in [6.07, 6.45) is 0.649. The summed E-state index contributed by atoms with van der Waals surface area (Å²) in [6.45, 7) is 2.40. The zero-order valence-electron chi connectivity index (χ0n) is 24.3. The van der Waals surface area contributed by atoms with E-state index >= 15 is 0 Å². The molecule has 43 heavy (non-hydrogen) atoms. The lowest BCUT2D eigenvalue weighted by atomic mass is 9.96. The first-order chi connectivity index (χ1) is 20.7. The molecule has 0 spiro atoms. The highest BCUT2D eigenvalue weighted by Crippen LogP contribution is 2.27. The van der Waals surface area contributed by atoms with Gasteiger partial charge in [-0.3, -0.25) is 19.6 Å². The van der Waals surface area contributed by atoms with Crippen LogP contribution in [0.15, 0.2) is 71.6 Å². The quantitative estimate of drug-likeness (QED) is 0.181. The molecule has 0 aliphatic carbocycles. The summed E-state index contributed by atoms with van der Waals surface area (Å²) < 4.78 is 39.4. The SMILES string of the molecule is CCOC(=O)C1CCN(C(=O)CCN(C(Cc2cccc3ccccc23)C(=O)NO)S(=O)(=O)c2ccc(OC)cc2)CC1. The number of nitrogens with zero attached hydrogens (tertiary/aromatic N) is 2. The van der Waals surface area contributed by atoms with Gasteiger partial charge >= 0.3 is 5.97 Å². The van der Waals surface area contributed by atoms with Crippen molar-refractivity contribution < 1.29 is 37.5 Å². The highest BCUT2D eigenvalue weighted by Gasteiger charge is 2.37. The van der Waals surface area contributed by atoms with Crippen LogP contribution in [0.5, 0.6) is 5.75 Å². The Balaban J connectivity index is 1.63. The number of sulfonamides is 1. The normalized spacial score (nSPS) is 14.8. The van der Waals surface area contributed by atoms with E-state index in [0.717, 1.165) is 15.1 Å². The number of likely N-dealkylation sites (tertiary alicyclic amines) is 1. The van der Waals surface area contributed by atoms with Crippen LogP contribution in [-0.2, 0) is 35.6 Å². The minimum absolute atomic E-state index is 0.0533. The maximum absolute atomic E-state index is 14.1. The molecule has 1 unspecified atom stereocenters. The second-order valence-electron chi connectivity index (χ2n) is 10.3. The topological polar surface area (TPSA) is 143 Å². The fraction of sp³-hybridized carbons (Fsp3) is 0.387. The molecule has 2 amide bonds. The van der Waals surface area contributed by atoms with Crippen molar-refractivity contribution in [3.63, 3.8) is 0 Å². The summed E-state index contributed by atoms with van der Waals surface area (Å²) >= 11 is 0. The Morgan fingerprint density at radius 3 is 2.35 bits per heavy atom. The fourth-order valence-corrected chi connectivity index (χ4v) is 6.98. The average molecular weight is 612 g/mol. The van der Waals surface area contributed by atoms with Crippen LogP contribution in [0.25, 0.3) is 10.8 Å². The molecule has 0 bridgehead atoms. The Morgan fingerprint density at radius 1 is 1.02 bits per heavy atom. The Labute approximate surface area is 251 Å². The van der Waals surface area contributed by atoms with Gasteiger partial charge in [0.1, 0.15) is 11.8 Å². The molecule has 230 valence electrons. The van der Waals surface area contributed by atoms with E-state index in [1.165, 1.54) is 31.4 Å². The predicted octanol–water partition coefficient (Wildman–Crippen LogP) is 3.15. The Kier molecular flexibility index (Phi) is 10.7. The van der Waals surface area contributed by atoms with Gasteiger partial charge in [0.25, 0.3) is 5.91 Å². The van der Waals surface area contributed by atoms with Gasteiger partial charge in [-0.25, -0.2) is 13.9 Å². The van der Waals surface area contributed by atoms with Crippen LogP contribution in [0.1, 0.15) is 31.7 Å². The second-order valence-corrected chi connectivity index (χ2v) is 12.2. The molecule has 1 heterocycles. The fourth-order valence-electron chi connectivity index (χ4n) is 5.39. The number of hydrogen-bond acceptors (Lipinski definition) is 8. The van der Waals surface area contributed by atoms with Gasteiger partial charge in [0.05, 0.1) is 24.5 Å². The van der Waals surface area contributed by atoms with E-state index in [-0.39, 0.29) is 48.7 Å². The lowest BCUT2D eigenvalue weighted by Crippen LogP contribution is -2.51. The van der Waals surface area contributed by atoms with Crippen LogP contribution in [0, 0.1) is 5.92 Å². The van der Waals surface area contributed by atoms with Crippen molar-refractivity contribution in [2.45, 2.75) is 43.5 Å². The summed E-state index contributed by atoms with van der Waals surface area (Å²) in [7, 11) is -2.87. The summed E-state index contributed by atoms with van der Waals surface area (Å²) in [6, 6.07) is 17.4. The van der Waals surface area contributed by atoms with Crippen molar-refractivity contribution in [2.75, 3.05) is 33.4 Å². The number of hydroxylamine groups is 1. The number of methoxy groups -OCH3 is 1. The number of piperidine rings is 1. The van der Waals surface area contributed by atoms with E-state index in [1.54, 1.807) is 23.4 Å². The lowest BCUT2D eigenvalue weighted by molar-refractivity contribution is -0.151. The van der Waals surface area contributed by atoms with Gasteiger partial charge in [-0.2, -0.15) is 4.31 Å². The highest BCUT2D eigenvalue weighted by molar-refractivity contribution is 7.89. The van der Waals surface area contributed by atoms with Gasteiger partial charge in [0.2, 0.25) is 15.9 Å². The number of carbonyl (C=O) groups excluding carboxylic acids is 3. The maximum atomic E-state index is 14.1. The standard InChI is InChI=1S/C31H37N3O8S/c1-3-42-31(37)23-15-18-33(19-16-23)29(35)17-20-34(43(39,40)26-13-11-25(41-2)12-14-26)28(30(36)32-38)21-24-9-6-8-22-7-4-5-10-27(22)24/h4-14,23,28,38H,3,15-21H2,1-2H3,(H,32,36). The third-order valence-corrected chi connectivity index (χ3v) is 9.66. The molecular weight excluding hydrogens is 574 g/mol. The van der Waals surface area contributed by atoms with Crippen LogP contribution in [0.3, 0.4) is 0 Å². The number of nitrogens with one attached hydrogen (secondary N) is 1. The molecule has 1 saturated heterocycles. The molecule has 1 aliphatic heterocycles. The van der Waals surface area contributed by atoms with Crippen LogP contribution >= 0.6 is 0 Å². The molecule has 4 rings (SSSR count). The van der Waals surface area contributed by atoms with E-state index in [9.17, 15) is 28.0 Å². The monoisotopic (exact) mass is 611 g/mol. The van der Waals surface area contributed by atoms with Gasteiger partial charge in [-0.1, -0.05) is 42.5 Å². The molecule has 1 atom stereocenters. The smallest absolute Gasteiger partial charge is 0.309 e. The Morgan fingerprint density at radius 2 is 1.70 bits per heavy atom. The molecule has 3 aromatic carbocycles. The third kappa shape index (κ3) is 7.51. The minimum atomic E-state index is -4.33. The average Bonchev–Trinajstić information content (AvgIpc) is 3.04. The van der Waals surface area contributed by atoms with Crippen LogP contribution in [0.2, 0.25) is 0 Å². The number of fused-ring (bicyclic) bond motifs is 1. The zero-order chi connectivity index (χ0) is 31.0. The molecule has 11 nitrogen and oxygen atoms in total. The molecule has 1 fully saturated rings. The molecule has 2 N–H and O–H groups in total. The first-order valence-electron chi connectivity index (χ1n) is 14.2. The van der Waals surface area contributed by atoms with Gasteiger partial charge < -0.3 is 14.4 Å². The van der Waals surface area contributed by atoms with Crippen molar-refractivity contribution in [3.05, 3.63) is 72.3 Å². The van der Waals surface area contributed by atoms with E-state index in [1.807, 2.05) is 36.4 Å². The molecule has 3 aromatic rings. The second kappa shape index (κ2) is 14.5. The number of ether oxygens (including phenoxy) is 2. The lowest BCUT2D eigenvalue weighted by Gasteiger charge is -2.33. The Hall–Kier alpha value is -4.00. The van der Waals surface area contributed by atoms with Crippen LogP contribution in [0.4, 0.5) is 0 Å². The summed E-state index contributed by atoms with van der Waals surface area (Å²) in [5, 5.41) is 11.4. The van der Waals surface area contributed by atoms with Gasteiger partial charge in [0.15, 0.2) is 0 Å². The third-order valence-electron chi connectivity index (χ3n) is 7.73. The number of hydrogen-bond donors (Lipinski definition) is 2. The summed E-state index contributed by atoms with van der Waals surface area (Å²) in [4.78, 5) is 40.0. The van der Waals surface area contributed by atoms with Crippen LogP contribution < -0.4 is 10.2 Å². The predicted molar refractivity (Wildman–Crippen MR) is 159 cm³/mol. The van der Waals surface area contributed by atoms with Crippen LogP contribution in [-0.4, -0.2) is 80.0 Å². The molecule has 1 aliphatic rings. The number of esters is 1. The van der Waals surface area contributed by atoms with Crippen molar-refractivity contribution in [1.29, 1.82) is 0 Å². The van der Waals surface area contributed by atoms with Gasteiger partial charge in [-0.15, -0.1) is 0 Å². The Bertz CT molecular complexity index is 1530. The van der Waals surface area contributed by atoms with Crippen molar-refractivity contribution in [3.8, 4) is 5.75 Å². The number of rotatable bonds is 12. The summed E-state index contributed by atoms with van der Waals surface area (Å²) in [5.41, 5.74) is 2.33. The maximum Gasteiger partial charge on any atom is 0.309 e. The number of benzene rings is 3. The molecule has 0 saturated carbocycles. The van der Waals surface area contributed by atoms with E-state index in [0.29, 0.717) is 37.2 Å². The highest BCUT2D eigenvalue weighted by atomic mass is 32.2. The largest absolute Gasteiger partial charge is 0.497 e. The zero-order valence-corrected chi connectivity index (χ0v) is 25.1. The minimum Gasteiger partial charge on any atom is -0.497 e. The van der Waals surface area contributed by atoms with E-state index in [4.69, 9.17) is 9.47 Å². The first-order valence-corrected chi connectivity index (χ1v) is 15.6. The van der Waals surface area contributed by atoms with Gasteiger partial charge in [0, 0.05) is 26.1 Å². The van der Waals surface area contributed by atoms with Gasteiger partial charge in [-0.05, 0) is 66.8 Å². The number of amides is 2. The van der Waals surface area contributed by atoms with E-state index in [2.05, 4.69) is 0 Å². The molecule has 0 aromatic heterocycles. The summed E-state index contributed by atoms with van der Waals surface area (Å²) in [5.74, 6) is -1.34. The molecule has 0 radical (unpaired) electrons. The molecular formula is C31H37N3O8S. The van der Waals surface area contributed by atoms with Crippen molar-refractivity contribution in [1.82, 2.24) is 14.7 Å². The number of carbonyl (C=O) groups is 3. The first kappa shape index (κ1) is 31.9. The van der Waals surface area contributed by atoms with Crippen molar-refractivity contribution >= 4 is 38.6 Å². The molecule has 12 heteroatoms. The van der Waals surface area contributed by atoms with E-state index < -0.39 is 22.0 Å². The van der Waals surface area contributed by atoms with Crippen molar-refractivity contribution in [2.24, 2.45) is 5.92 Å².